The molecule has 60 valence electrons. The van der Waals surface area contributed by atoms with Gasteiger partial charge in [0.05, 0.1) is 0 Å². The van der Waals surface area contributed by atoms with Crippen LogP contribution in [0.5, 0.6) is 0 Å². The van der Waals surface area contributed by atoms with E-state index >= 15 is 0 Å². The number of aromatic nitrogens is 1. The van der Waals surface area contributed by atoms with Crippen LogP contribution in [0.1, 0.15) is 5.56 Å². The molecule has 0 aliphatic carbocycles. The van der Waals surface area contributed by atoms with Crippen molar-refractivity contribution in [3.8, 4) is 0 Å². The Morgan fingerprint density at radius 2 is 2.08 bits per heavy atom. The molecule has 1 heterocycles. The molecule has 1 aromatic heterocycles. The zero-order valence-corrected chi connectivity index (χ0v) is 7.61. The number of aryl methyl sites for hydroxylation is 1. The first-order valence-electron chi connectivity index (χ1n) is 3.85. The summed E-state index contributed by atoms with van der Waals surface area (Å²) >= 11 is 5.14. The van der Waals surface area contributed by atoms with Crippen LogP contribution in [0, 0.1) is 11.6 Å². The molecule has 2 aromatic rings. The first-order valence-corrected chi connectivity index (χ1v) is 4.26. The van der Waals surface area contributed by atoms with E-state index in [0.717, 1.165) is 10.0 Å². The highest BCUT2D eigenvalue weighted by molar-refractivity contribution is 7.71. The van der Waals surface area contributed by atoms with Crippen molar-refractivity contribution in [2.45, 2.75) is 6.92 Å². The molecule has 1 nitrogen and oxygen atoms in total. The normalized spacial score (nSPS) is 10.4. The molecule has 0 aliphatic rings. The van der Waals surface area contributed by atoms with Crippen LogP contribution in [0.15, 0.2) is 30.5 Å². The van der Waals surface area contributed by atoms with Crippen LogP contribution in [-0.4, -0.2) is 4.98 Å². The zero-order chi connectivity index (χ0) is 8.55. The van der Waals surface area contributed by atoms with Crippen molar-refractivity contribution in [3.05, 3.63) is 40.7 Å². The van der Waals surface area contributed by atoms with Crippen LogP contribution in [0.4, 0.5) is 0 Å². The predicted molar refractivity (Wildman–Crippen MR) is 53.9 cm³/mol. The summed E-state index contributed by atoms with van der Waals surface area (Å²) in [5.41, 5.74) is 1.27. The summed E-state index contributed by atoms with van der Waals surface area (Å²) in [5.74, 6) is 0. The van der Waals surface area contributed by atoms with E-state index in [2.05, 4.69) is 30.1 Å². The molecular weight excluding hydrogens is 166 g/mol. The van der Waals surface area contributed by atoms with E-state index in [4.69, 9.17) is 12.2 Å². The molecule has 0 saturated heterocycles. The molecule has 2 heteroatoms. The average molecular weight is 175 g/mol. The fourth-order valence-corrected chi connectivity index (χ4v) is 1.57. The number of H-pyrrole nitrogens is 1. The SMILES string of the molecule is Cc1ccc2c(=S)[nH]ccc2c1. The van der Waals surface area contributed by atoms with Gasteiger partial charge in [-0.1, -0.05) is 36.0 Å². The number of rotatable bonds is 0. The number of pyridine rings is 1. The number of fused-ring (bicyclic) bond motifs is 1. The topological polar surface area (TPSA) is 15.8 Å². The van der Waals surface area contributed by atoms with Crippen molar-refractivity contribution in [1.29, 1.82) is 0 Å². The molecule has 0 bridgehead atoms. The van der Waals surface area contributed by atoms with Crippen molar-refractivity contribution in [2.75, 3.05) is 0 Å². The lowest BCUT2D eigenvalue weighted by molar-refractivity contribution is 1.33. The van der Waals surface area contributed by atoms with Gasteiger partial charge < -0.3 is 4.98 Å². The fourth-order valence-electron chi connectivity index (χ4n) is 1.31. The third kappa shape index (κ3) is 1.14. The second-order valence-corrected chi connectivity index (χ2v) is 3.31. The van der Waals surface area contributed by atoms with Gasteiger partial charge in [-0.2, -0.15) is 0 Å². The summed E-state index contributed by atoms with van der Waals surface area (Å²) in [7, 11) is 0. The highest BCUT2D eigenvalue weighted by atomic mass is 32.1. The van der Waals surface area contributed by atoms with Gasteiger partial charge in [0.15, 0.2) is 0 Å². The molecular formula is C10H9NS. The van der Waals surface area contributed by atoms with Gasteiger partial charge in [-0.05, 0) is 18.4 Å². The Labute approximate surface area is 76.1 Å². The van der Waals surface area contributed by atoms with Crippen molar-refractivity contribution in [1.82, 2.24) is 4.98 Å². The fraction of sp³-hybridized carbons (Fsp3) is 0.100. The monoisotopic (exact) mass is 175 g/mol. The summed E-state index contributed by atoms with van der Waals surface area (Å²) in [6, 6.07) is 8.31. The molecule has 0 saturated carbocycles. The quantitative estimate of drug-likeness (QED) is 0.608. The number of hydrogen-bond donors (Lipinski definition) is 1. The van der Waals surface area contributed by atoms with Gasteiger partial charge in [-0.25, -0.2) is 0 Å². The van der Waals surface area contributed by atoms with Crippen molar-refractivity contribution in [2.24, 2.45) is 0 Å². The summed E-state index contributed by atoms with van der Waals surface area (Å²) in [6.45, 7) is 2.08. The van der Waals surface area contributed by atoms with Crippen LogP contribution < -0.4 is 0 Å². The van der Waals surface area contributed by atoms with E-state index < -0.39 is 0 Å². The molecule has 12 heavy (non-hydrogen) atoms. The second kappa shape index (κ2) is 2.72. The summed E-state index contributed by atoms with van der Waals surface area (Å²) < 4.78 is 0.813. The summed E-state index contributed by atoms with van der Waals surface area (Å²) in [5, 5.41) is 2.33. The van der Waals surface area contributed by atoms with Gasteiger partial charge >= 0.3 is 0 Å². The highest BCUT2D eigenvalue weighted by Gasteiger charge is 1.93. The predicted octanol–water partition coefficient (Wildman–Crippen LogP) is 3.21. The van der Waals surface area contributed by atoms with Gasteiger partial charge in [0, 0.05) is 11.6 Å². The van der Waals surface area contributed by atoms with E-state index in [9.17, 15) is 0 Å². The standard InChI is InChI=1S/C10H9NS/c1-7-2-3-9-8(6-7)4-5-11-10(9)12/h2-6H,1H3,(H,11,12). The molecule has 0 radical (unpaired) electrons. The molecule has 0 atom stereocenters. The molecule has 1 aromatic carbocycles. The van der Waals surface area contributed by atoms with Crippen molar-refractivity contribution < 1.29 is 0 Å². The molecule has 0 spiro atoms. The Kier molecular flexibility index (Phi) is 1.70. The maximum atomic E-state index is 5.14. The smallest absolute Gasteiger partial charge is 0.111 e. The van der Waals surface area contributed by atoms with Gasteiger partial charge in [0.1, 0.15) is 4.64 Å². The van der Waals surface area contributed by atoms with Crippen LogP contribution in [-0.2, 0) is 0 Å². The Balaban J connectivity index is 2.96. The maximum absolute atomic E-state index is 5.14. The number of hydrogen-bond acceptors (Lipinski definition) is 1. The Morgan fingerprint density at radius 1 is 1.25 bits per heavy atom. The molecule has 1 N–H and O–H groups in total. The Morgan fingerprint density at radius 3 is 2.92 bits per heavy atom. The van der Waals surface area contributed by atoms with Crippen LogP contribution in [0.2, 0.25) is 0 Å². The minimum Gasteiger partial charge on any atom is -0.352 e. The third-order valence-electron chi connectivity index (χ3n) is 1.93. The summed E-state index contributed by atoms with van der Waals surface area (Å²) in [6.07, 6.45) is 1.88. The van der Waals surface area contributed by atoms with Gasteiger partial charge in [-0.3, -0.25) is 0 Å². The van der Waals surface area contributed by atoms with Crippen LogP contribution in [0.3, 0.4) is 0 Å². The minimum absolute atomic E-state index is 0.813. The maximum Gasteiger partial charge on any atom is 0.111 e. The minimum atomic E-state index is 0.813. The second-order valence-electron chi connectivity index (χ2n) is 2.90. The Bertz CT molecular complexity index is 470. The van der Waals surface area contributed by atoms with Gasteiger partial charge in [0.25, 0.3) is 0 Å². The van der Waals surface area contributed by atoms with Gasteiger partial charge in [0.2, 0.25) is 0 Å². The largest absolute Gasteiger partial charge is 0.352 e. The lowest BCUT2D eigenvalue weighted by Crippen LogP contribution is -1.78. The molecule has 0 aliphatic heterocycles. The molecule has 0 unspecified atom stereocenters. The zero-order valence-electron chi connectivity index (χ0n) is 6.79. The first-order chi connectivity index (χ1) is 5.77. The Hall–Kier alpha value is -1.15. The number of nitrogens with one attached hydrogen (secondary N) is 1. The lowest BCUT2D eigenvalue weighted by Gasteiger charge is -1.97. The van der Waals surface area contributed by atoms with Crippen molar-refractivity contribution >= 4 is 23.0 Å². The van der Waals surface area contributed by atoms with E-state index in [1.165, 1.54) is 10.9 Å². The first kappa shape index (κ1) is 7.50. The third-order valence-corrected chi connectivity index (χ3v) is 2.27. The van der Waals surface area contributed by atoms with Gasteiger partial charge in [-0.15, -0.1) is 0 Å². The average Bonchev–Trinajstić information content (AvgIpc) is 2.04. The van der Waals surface area contributed by atoms with E-state index in [0.29, 0.717) is 0 Å². The highest BCUT2D eigenvalue weighted by Crippen LogP contribution is 2.14. The molecule has 0 fully saturated rings. The van der Waals surface area contributed by atoms with E-state index in [1.807, 2.05) is 12.3 Å². The summed E-state index contributed by atoms with van der Waals surface area (Å²) in [4.78, 5) is 3.01. The van der Waals surface area contributed by atoms with Crippen LogP contribution >= 0.6 is 12.2 Å². The van der Waals surface area contributed by atoms with Crippen molar-refractivity contribution in [3.63, 3.8) is 0 Å². The molecule has 0 amide bonds. The van der Waals surface area contributed by atoms with E-state index in [-0.39, 0.29) is 0 Å². The lowest BCUT2D eigenvalue weighted by atomic mass is 10.1. The van der Waals surface area contributed by atoms with E-state index in [1.54, 1.807) is 0 Å². The molecule has 2 rings (SSSR count). The number of benzene rings is 1. The van der Waals surface area contributed by atoms with Crippen LogP contribution in [0.25, 0.3) is 10.8 Å². The number of aromatic amines is 1.